The van der Waals surface area contributed by atoms with Crippen molar-refractivity contribution < 1.29 is 22.8 Å². The highest BCUT2D eigenvalue weighted by molar-refractivity contribution is 9.10. The number of nitrogens with zero attached hydrogens (tertiary/aromatic N) is 1. The smallest absolute Gasteiger partial charge is 0.261 e. The fraction of sp³-hybridized carbons (Fsp3) is 0.211. The molecule has 3 rings (SSSR count). The van der Waals surface area contributed by atoms with Crippen molar-refractivity contribution in [2.75, 3.05) is 6.54 Å². The fourth-order valence-electron chi connectivity index (χ4n) is 2.99. The van der Waals surface area contributed by atoms with E-state index in [0.29, 0.717) is 27.6 Å². The third-order valence-electron chi connectivity index (χ3n) is 4.43. The van der Waals surface area contributed by atoms with Crippen LogP contribution in [0.15, 0.2) is 51.8 Å². The second-order valence-electron chi connectivity index (χ2n) is 6.52. The second-order valence-corrected chi connectivity index (χ2v) is 9.00. The molecule has 0 saturated heterocycles. The number of sulfonamides is 1. The summed E-state index contributed by atoms with van der Waals surface area (Å²) in [4.78, 5) is 37.9. The molecule has 0 fully saturated rings. The van der Waals surface area contributed by atoms with Gasteiger partial charge in [0.25, 0.3) is 11.8 Å². The van der Waals surface area contributed by atoms with Crippen molar-refractivity contribution in [3.05, 3.63) is 63.6 Å². The first-order valence-corrected chi connectivity index (χ1v) is 11.0. The maximum absolute atomic E-state index is 12.4. The Balaban J connectivity index is 1.50. The molecule has 1 aliphatic rings. The molecule has 1 aliphatic heterocycles. The van der Waals surface area contributed by atoms with Crippen LogP contribution >= 0.6 is 15.9 Å². The number of amides is 3. The molecular weight excluding hydrogens is 462 g/mol. The second kappa shape index (κ2) is 8.44. The predicted octanol–water partition coefficient (Wildman–Crippen LogP) is 1.79. The highest BCUT2D eigenvalue weighted by Gasteiger charge is 2.35. The number of hydrogen-bond acceptors (Lipinski definition) is 5. The Morgan fingerprint density at radius 1 is 1.07 bits per heavy atom. The normalized spacial score (nSPS) is 13.5. The van der Waals surface area contributed by atoms with Gasteiger partial charge in [0.15, 0.2) is 0 Å². The zero-order valence-electron chi connectivity index (χ0n) is 15.2. The van der Waals surface area contributed by atoms with Gasteiger partial charge >= 0.3 is 0 Å². The molecule has 0 unspecified atom stereocenters. The lowest BCUT2D eigenvalue weighted by Gasteiger charge is -2.13. The molecule has 10 heteroatoms. The van der Waals surface area contributed by atoms with Crippen molar-refractivity contribution in [1.82, 2.24) is 10.2 Å². The first-order valence-electron chi connectivity index (χ1n) is 8.71. The van der Waals surface area contributed by atoms with Crippen LogP contribution in [0.3, 0.4) is 0 Å². The molecule has 0 radical (unpaired) electrons. The van der Waals surface area contributed by atoms with Crippen LogP contribution in [0.1, 0.15) is 39.1 Å². The molecular formula is C19H18BrN3O5S. The van der Waals surface area contributed by atoms with E-state index < -0.39 is 10.0 Å². The summed E-state index contributed by atoms with van der Waals surface area (Å²) < 4.78 is 23.5. The van der Waals surface area contributed by atoms with Gasteiger partial charge in [-0.3, -0.25) is 19.3 Å². The summed E-state index contributed by atoms with van der Waals surface area (Å²) in [6.07, 6.45) is 0.432. The lowest BCUT2D eigenvalue weighted by molar-refractivity contribution is -0.121. The van der Waals surface area contributed by atoms with Gasteiger partial charge in [-0.2, -0.15) is 0 Å². The third kappa shape index (κ3) is 4.89. The number of carbonyl (C=O) groups is 3. The minimum Gasteiger partial charge on any atom is -0.352 e. The lowest BCUT2D eigenvalue weighted by Crippen LogP contribution is -2.32. The molecule has 0 aliphatic carbocycles. The Labute approximate surface area is 176 Å². The van der Waals surface area contributed by atoms with Crippen molar-refractivity contribution in [2.45, 2.75) is 24.3 Å². The number of benzene rings is 2. The SMILES string of the molecule is NS(=O)(=O)c1cccc(CNC(=O)CCCN2C(=O)c3ccc(Br)cc3C2=O)c1. The molecule has 0 spiro atoms. The molecule has 1 heterocycles. The van der Waals surface area contributed by atoms with Crippen LogP contribution in [0.2, 0.25) is 0 Å². The molecule has 152 valence electrons. The maximum Gasteiger partial charge on any atom is 0.261 e. The van der Waals surface area contributed by atoms with E-state index in [2.05, 4.69) is 21.2 Å². The van der Waals surface area contributed by atoms with E-state index in [9.17, 15) is 22.8 Å². The van der Waals surface area contributed by atoms with Gasteiger partial charge in [-0.05, 0) is 42.3 Å². The van der Waals surface area contributed by atoms with E-state index in [1.165, 1.54) is 12.1 Å². The quantitative estimate of drug-likeness (QED) is 0.585. The highest BCUT2D eigenvalue weighted by atomic mass is 79.9. The fourth-order valence-corrected chi connectivity index (χ4v) is 3.93. The molecule has 0 saturated carbocycles. The van der Waals surface area contributed by atoms with Crippen LogP contribution in [-0.4, -0.2) is 37.6 Å². The summed E-state index contributed by atoms with van der Waals surface area (Å²) in [6.45, 7) is 0.279. The average Bonchev–Trinajstić information content (AvgIpc) is 2.90. The zero-order chi connectivity index (χ0) is 21.2. The standard InChI is InChI=1S/C19H18BrN3O5S/c20-13-6-7-15-16(10-13)19(26)23(18(15)25)8-2-5-17(24)22-11-12-3-1-4-14(9-12)29(21,27)28/h1,3-4,6-7,9-10H,2,5,8,11H2,(H,22,24)(H2,21,27,28). The van der Waals surface area contributed by atoms with E-state index in [4.69, 9.17) is 5.14 Å². The summed E-state index contributed by atoms with van der Waals surface area (Å²) >= 11 is 3.28. The predicted molar refractivity (Wildman–Crippen MR) is 108 cm³/mol. The number of nitrogens with two attached hydrogens (primary N) is 1. The molecule has 0 aromatic heterocycles. The van der Waals surface area contributed by atoms with Crippen molar-refractivity contribution in [1.29, 1.82) is 0 Å². The van der Waals surface area contributed by atoms with Gasteiger partial charge in [0.05, 0.1) is 16.0 Å². The van der Waals surface area contributed by atoms with Crippen LogP contribution < -0.4 is 10.5 Å². The molecule has 0 atom stereocenters. The van der Waals surface area contributed by atoms with Gasteiger partial charge in [-0.25, -0.2) is 13.6 Å². The van der Waals surface area contributed by atoms with Gasteiger partial charge in [-0.15, -0.1) is 0 Å². The van der Waals surface area contributed by atoms with Gasteiger partial charge in [0.1, 0.15) is 0 Å². The summed E-state index contributed by atoms with van der Waals surface area (Å²) in [5, 5.41) is 7.77. The van der Waals surface area contributed by atoms with E-state index in [-0.39, 0.29) is 42.1 Å². The van der Waals surface area contributed by atoms with Gasteiger partial charge in [0, 0.05) is 24.0 Å². The van der Waals surface area contributed by atoms with E-state index >= 15 is 0 Å². The first kappa shape index (κ1) is 21.2. The monoisotopic (exact) mass is 479 g/mol. The number of primary sulfonamides is 1. The summed E-state index contributed by atoms with van der Waals surface area (Å²) in [5.41, 5.74) is 1.30. The Bertz CT molecular complexity index is 1100. The number of fused-ring (bicyclic) bond motifs is 1. The molecule has 3 N–H and O–H groups in total. The highest BCUT2D eigenvalue weighted by Crippen LogP contribution is 2.26. The van der Waals surface area contributed by atoms with Crippen molar-refractivity contribution >= 4 is 43.7 Å². The number of imide groups is 1. The molecule has 8 nitrogen and oxygen atoms in total. The third-order valence-corrected chi connectivity index (χ3v) is 5.84. The van der Waals surface area contributed by atoms with Crippen molar-refractivity contribution in [2.24, 2.45) is 5.14 Å². The van der Waals surface area contributed by atoms with Gasteiger partial charge < -0.3 is 5.32 Å². The number of halogens is 1. The van der Waals surface area contributed by atoms with Crippen LogP contribution in [0, 0.1) is 0 Å². The van der Waals surface area contributed by atoms with Gasteiger partial charge in [0.2, 0.25) is 15.9 Å². The van der Waals surface area contributed by atoms with Crippen LogP contribution in [-0.2, 0) is 21.4 Å². The summed E-state index contributed by atoms with van der Waals surface area (Å²) in [6, 6.07) is 10.9. The number of nitrogens with one attached hydrogen (secondary N) is 1. The van der Waals surface area contributed by atoms with E-state index in [0.717, 1.165) is 4.90 Å². The number of hydrogen-bond donors (Lipinski definition) is 2. The number of rotatable bonds is 7. The lowest BCUT2D eigenvalue weighted by atomic mass is 10.1. The first-order chi connectivity index (χ1) is 13.7. The Hall–Kier alpha value is -2.56. The van der Waals surface area contributed by atoms with Crippen molar-refractivity contribution in [3.8, 4) is 0 Å². The minimum atomic E-state index is -3.81. The molecule has 0 bridgehead atoms. The summed E-state index contributed by atoms with van der Waals surface area (Å²) in [7, 11) is -3.81. The number of carbonyl (C=O) groups excluding carboxylic acids is 3. The zero-order valence-corrected chi connectivity index (χ0v) is 17.6. The Kier molecular flexibility index (Phi) is 6.15. The Morgan fingerprint density at radius 2 is 1.79 bits per heavy atom. The minimum absolute atomic E-state index is 0.0264. The summed E-state index contributed by atoms with van der Waals surface area (Å²) in [5.74, 6) is -1.01. The van der Waals surface area contributed by atoms with Gasteiger partial charge in [-0.1, -0.05) is 28.1 Å². The van der Waals surface area contributed by atoms with Crippen LogP contribution in [0.5, 0.6) is 0 Å². The topological polar surface area (TPSA) is 127 Å². The van der Waals surface area contributed by atoms with E-state index in [1.807, 2.05) is 0 Å². The largest absolute Gasteiger partial charge is 0.352 e. The maximum atomic E-state index is 12.4. The molecule has 2 aromatic carbocycles. The molecule has 2 aromatic rings. The Morgan fingerprint density at radius 3 is 2.52 bits per heavy atom. The average molecular weight is 480 g/mol. The van der Waals surface area contributed by atoms with E-state index in [1.54, 1.807) is 30.3 Å². The van der Waals surface area contributed by atoms with Crippen LogP contribution in [0.4, 0.5) is 0 Å². The molecule has 29 heavy (non-hydrogen) atoms. The molecule has 3 amide bonds. The van der Waals surface area contributed by atoms with Crippen LogP contribution in [0.25, 0.3) is 0 Å². The van der Waals surface area contributed by atoms with Crippen molar-refractivity contribution in [3.63, 3.8) is 0 Å².